The van der Waals surface area contributed by atoms with Gasteiger partial charge in [0.25, 0.3) is 0 Å². The van der Waals surface area contributed by atoms with Gasteiger partial charge in [-0.15, -0.1) is 0 Å². The van der Waals surface area contributed by atoms with Crippen molar-refractivity contribution < 1.29 is 0 Å². The maximum absolute atomic E-state index is 4.76. The van der Waals surface area contributed by atoms with E-state index in [9.17, 15) is 0 Å². The topological polar surface area (TPSA) is 37.8 Å². The molecule has 0 aliphatic heterocycles. The second-order valence-corrected chi connectivity index (χ2v) is 5.02. The average Bonchev–Trinajstić information content (AvgIpc) is 2.38. The van der Waals surface area contributed by atoms with Gasteiger partial charge in [0.05, 0.1) is 5.69 Å². The first kappa shape index (κ1) is 12.2. The standard InChI is InChI=1S/C16H19N3/c1-2-17-15-11-14(12-7-4-3-5-8-12)18-16(19-15)13-9-6-10-13/h3-5,7-8,11,13H,2,6,9-10H2,1H3,(H,17,18,19). The van der Waals surface area contributed by atoms with Crippen LogP contribution in [0.3, 0.4) is 0 Å². The molecule has 2 aromatic rings. The lowest BCUT2D eigenvalue weighted by Gasteiger charge is -2.24. The average molecular weight is 253 g/mol. The van der Waals surface area contributed by atoms with Crippen molar-refractivity contribution in [3.8, 4) is 11.3 Å². The van der Waals surface area contributed by atoms with Crippen molar-refractivity contribution in [2.45, 2.75) is 32.1 Å². The number of aromatic nitrogens is 2. The zero-order valence-corrected chi connectivity index (χ0v) is 11.3. The third-order valence-corrected chi connectivity index (χ3v) is 3.64. The molecule has 0 spiro atoms. The Kier molecular flexibility index (Phi) is 3.45. The van der Waals surface area contributed by atoms with Gasteiger partial charge in [-0.3, -0.25) is 0 Å². The zero-order chi connectivity index (χ0) is 13.1. The van der Waals surface area contributed by atoms with Gasteiger partial charge in [-0.05, 0) is 19.8 Å². The molecule has 19 heavy (non-hydrogen) atoms. The van der Waals surface area contributed by atoms with Crippen molar-refractivity contribution in [1.29, 1.82) is 0 Å². The summed E-state index contributed by atoms with van der Waals surface area (Å²) >= 11 is 0. The molecule has 98 valence electrons. The largest absolute Gasteiger partial charge is 0.370 e. The van der Waals surface area contributed by atoms with Crippen molar-refractivity contribution in [1.82, 2.24) is 9.97 Å². The lowest BCUT2D eigenvalue weighted by molar-refractivity contribution is 0.402. The number of hydrogen-bond donors (Lipinski definition) is 1. The summed E-state index contributed by atoms with van der Waals surface area (Å²) in [5.41, 5.74) is 2.18. The van der Waals surface area contributed by atoms with E-state index in [0.717, 1.165) is 29.4 Å². The quantitative estimate of drug-likeness (QED) is 0.899. The van der Waals surface area contributed by atoms with Crippen LogP contribution in [0.2, 0.25) is 0 Å². The maximum Gasteiger partial charge on any atom is 0.134 e. The first-order valence-corrected chi connectivity index (χ1v) is 7.05. The Bertz CT molecular complexity index is 547. The van der Waals surface area contributed by atoms with E-state index in [1.54, 1.807) is 0 Å². The van der Waals surface area contributed by atoms with E-state index in [1.807, 2.05) is 24.3 Å². The Morgan fingerprint density at radius 1 is 1.16 bits per heavy atom. The lowest BCUT2D eigenvalue weighted by atomic mass is 9.85. The Balaban J connectivity index is 2.00. The predicted octanol–water partition coefficient (Wildman–Crippen LogP) is 3.84. The van der Waals surface area contributed by atoms with Crippen LogP contribution in [-0.4, -0.2) is 16.5 Å². The van der Waals surface area contributed by atoms with Crippen LogP contribution in [0.15, 0.2) is 36.4 Å². The minimum atomic E-state index is 0.557. The summed E-state index contributed by atoms with van der Waals surface area (Å²) in [6.45, 7) is 2.97. The van der Waals surface area contributed by atoms with E-state index >= 15 is 0 Å². The summed E-state index contributed by atoms with van der Waals surface area (Å²) in [4.78, 5) is 9.41. The van der Waals surface area contributed by atoms with Gasteiger partial charge in [-0.2, -0.15) is 0 Å². The van der Waals surface area contributed by atoms with Gasteiger partial charge in [-0.1, -0.05) is 36.8 Å². The minimum Gasteiger partial charge on any atom is -0.370 e. The van der Waals surface area contributed by atoms with Crippen LogP contribution >= 0.6 is 0 Å². The third kappa shape index (κ3) is 2.60. The third-order valence-electron chi connectivity index (χ3n) is 3.64. The van der Waals surface area contributed by atoms with E-state index in [1.165, 1.54) is 19.3 Å². The molecular formula is C16H19N3. The highest BCUT2D eigenvalue weighted by Gasteiger charge is 2.23. The molecule has 1 aromatic heterocycles. The highest BCUT2D eigenvalue weighted by atomic mass is 15.0. The van der Waals surface area contributed by atoms with Gasteiger partial charge in [0.15, 0.2) is 0 Å². The van der Waals surface area contributed by atoms with Crippen LogP contribution < -0.4 is 5.32 Å². The van der Waals surface area contributed by atoms with E-state index in [-0.39, 0.29) is 0 Å². The molecule has 1 fully saturated rings. The summed E-state index contributed by atoms with van der Waals surface area (Å²) in [6, 6.07) is 12.4. The second-order valence-electron chi connectivity index (χ2n) is 5.02. The van der Waals surface area contributed by atoms with Crippen LogP contribution in [0, 0.1) is 0 Å². The van der Waals surface area contributed by atoms with Gasteiger partial charge < -0.3 is 5.32 Å². The minimum absolute atomic E-state index is 0.557. The number of rotatable bonds is 4. The summed E-state index contributed by atoms with van der Waals surface area (Å²) < 4.78 is 0. The molecule has 0 amide bonds. The Hall–Kier alpha value is -1.90. The van der Waals surface area contributed by atoms with Crippen LogP contribution in [0.4, 0.5) is 5.82 Å². The SMILES string of the molecule is CCNc1cc(-c2ccccc2)nc(C2CCC2)n1. The molecule has 1 aromatic carbocycles. The smallest absolute Gasteiger partial charge is 0.134 e. The molecule has 1 N–H and O–H groups in total. The monoisotopic (exact) mass is 253 g/mol. The van der Waals surface area contributed by atoms with Crippen molar-refractivity contribution in [3.63, 3.8) is 0 Å². The predicted molar refractivity (Wildman–Crippen MR) is 78.2 cm³/mol. The number of anilines is 1. The van der Waals surface area contributed by atoms with Crippen molar-refractivity contribution in [2.24, 2.45) is 0 Å². The van der Waals surface area contributed by atoms with E-state index in [4.69, 9.17) is 4.98 Å². The number of hydrogen-bond acceptors (Lipinski definition) is 3. The number of nitrogens with zero attached hydrogens (tertiary/aromatic N) is 2. The normalized spacial score (nSPS) is 15.0. The van der Waals surface area contributed by atoms with Gasteiger partial charge >= 0.3 is 0 Å². The molecule has 3 nitrogen and oxygen atoms in total. The van der Waals surface area contributed by atoms with E-state index < -0.39 is 0 Å². The fourth-order valence-electron chi connectivity index (χ4n) is 2.34. The van der Waals surface area contributed by atoms with Gasteiger partial charge in [0, 0.05) is 24.1 Å². The number of nitrogens with one attached hydrogen (secondary N) is 1. The molecule has 1 aliphatic carbocycles. The Morgan fingerprint density at radius 3 is 2.58 bits per heavy atom. The summed E-state index contributed by atoms with van der Waals surface area (Å²) in [5, 5.41) is 3.31. The fraction of sp³-hybridized carbons (Fsp3) is 0.375. The molecule has 0 unspecified atom stereocenters. The molecule has 0 radical (unpaired) electrons. The summed E-state index contributed by atoms with van der Waals surface area (Å²) in [7, 11) is 0. The Labute approximate surface area is 114 Å². The zero-order valence-electron chi connectivity index (χ0n) is 11.3. The first-order chi connectivity index (χ1) is 9.36. The molecule has 0 saturated heterocycles. The molecule has 3 rings (SSSR count). The highest BCUT2D eigenvalue weighted by Crippen LogP contribution is 2.35. The fourth-order valence-corrected chi connectivity index (χ4v) is 2.34. The molecule has 1 saturated carbocycles. The summed E-state index contributed by atoms with van der Waals surface area (Å²) in [6.07, 6.45) is 3.76. The molecule has 3 heteroatoms. The molecular weight excluding hydrogens is 234 g/mol. The van der Waals surface area contributed by atoms with Crippen LogP contribution in [0.25, 0.3) is 11.3 Å². The molecule has 0 atom stereocenters. The van der Waals surface area contributed by atoms with Gasteiger partial charge in [-0.25, -0.2) is 9.97 Å². The Morgan fingerprint density at radius 2 is 1.95 bits per heavy atom. The molecule has 1 heterocycles. The maximum atomic E-state index is 4.76. The highest BCUT2D eigenvalue weighted by molar-refractivity contribution is 5.62. The van der Waals surface area contributed by atoms with Crippen LogP contribution in [-0.2, 0) is 0 Å². The molecule has 1 aliphatic rings. The van der Waals surface area contributed by atoms with E-state index in [2.05, 4.69) is 29.4 Å². The van der Waals surface area contributed by atoms with Gasteiger partial charge in [0.1, 0.15) is 11.6 Å². The van der Waals surface area contributed by atoms with Crippen molar-refractivity contribution >= 4 is 5.82 Å². The lowest BCUT2D eigenvalue weighted by Crippen LogP contribution is -2.14. The van der Waals surface area contributed by atoms with Crippen LogP contribution in [0.5, 0.6) is 0 Å². The van der Waals surface area contributed by atoms with Crippen molar-refractivity contribution in [3.05, 3.63) is 42.2 Å². The van der Waals surface area contributed by atoms with E-state index in [0.29, 0.717) is 5.92 Å². The first-order valence-electron chi connectivity index (χ1n) is 7.05. The van der Waals surface area contributed by atoms with Crippen LogP contribution in [0.1, 0.15) is 37.9 Å². The van der Waals surface area contributed by atoms with Gasteiger partial charge in [0.2, 0.25) is 0 Å². The van der Waals surface area contributed by atoms with Crippen molar-refractivity contribution in [2.75, 3.05) is 11.9 Å². The molecule has 0 bridgehead atoms. The summed E-state index contributed by atoms with van der Waals surface area (Å²) in [5.74, 6) is 2.50. The number of benzene rings is 1. The second kappa shape index (κ2) is 5.39.